The molecule has 0 bridgehead atoms. The number of phosphoric acid groups is 1. The predicted molar refractivity (Wildman–Crippen MR) is 176 cm³/mol. The van der Waals surface area contributed by atoms with Crippen molar-refractivity contribution in [2.45, 2.75) is 174 Å². The Hall–Kier alpha value is -1.03. The van der Waals surface area contributed by atoms with E-state index in [0.717, 1.165) is 38.5 Å². The molecule has 262 valence electrons. The van der Waals surface area contributed by atoms with Crippen LogP contribution in [0.5, 0.6) is 0 Å². The van der Waals surface area contributed by atoms with Crippen LogP contribution in [0.1, 0.15) is 162 Å². The van der Waals surface area contributed by atoms with Crippen molar-refractivity contribution in [3.05, 3.63) is 0 Å². The third-order valence-corrected chi connectivity index (χ3v) is 8.59. The summed E-state index contributed by atoms with van der Waals surface area (Å²) in [5.41, 5.74) is 5.32. The van der Waals surface area contributed by atoms with Gasteiger partial charge in [0.2, 0.25) is 0 Å². The molecule has 10 nitrogen and oxygen atoms in total. The van der Waals surface area contributed by atoms with E-state index in [1.807, 2.05) is 0 Å². The minimum absolute atomic E-state index is 0.0238. The van der Waals surface area contributed by atoms with Crippen LogP contribution in [0.2, 0.25) is 0 Å². The van der Waals surface area contributed by atoms with Gasteiger partial charge >= 0.3 is 19.8 Å². The molecule has 0 spiro atoms. The van der Waals surface area contributed by atoms with Crippen molar-refractivity contribution >= 4 is 19.8 Å². The van der Waals surface area contributed by atoms with Crippen LogP contribution in [0.3, 0.4) is 0 Å². The molecule has 0 aliphatic rings. The topological polar surface area (TPSA) is 155 Å². The number of esters is 1. The molecule has 0 aromatic carbocycles. The van der Waals surface area contributed by atoms with Crippen molar-refractivity contribution in [3.63, 3.8) is 0 Å². The van der Waals surface area contributed by atoms with Crippen molar-refractivity contribution in [1.29, 1.82) is 0 Å². The Labute approximate surface area is 268 Å². The molecule has 0 rings (SSSR count). The van der Waals surface area contributed by atoms with Gasteiger partial charge < -0.3 is 25.2 Å². The highest BCUT2D eigenvalue weighted by Gasteiger charge is 2.27. The first-order valence-corrected chi connectivity index (χ1v) is 19.1. The Balaban J connectivity index is 4.31. The van der Waals surface area contributed by atoms with Gasteiger partial charge in [-0.15, -0.1) is 0 Å². The predicted octanol–water partition coefficient (Wildman–Crippen LogP) is 8.47. The Morgan fingerprint density at radius 2 is 1.05 bits per heavy atom. The molecule has 0 amide bonds. The highest BCUT2D eigenvalue weighted by molar-refractivity contribution is 7.47. The number of aliphatic carboxylic acids is 1. The summed E-state index contributed by atoms with van der Waals surface area (Å²) in [7, 11) is -4.59. The molecule has 0 fully saturated rings. The molecule has 44 heavy (non-hydrogen) atoms. The smallest absolute Gasteiger partial charge is 0.472 e. The molecule has 0 radical (unpaired) electrons. The van der Waals surface area contributed by atoms with Crippen LogP contribution in [0, 0.1) is 0 Å². The third kappa shape index (κ3) is 29.7. The van der Waals surface area contributed by atoms with Gasteiger partial charge in [0.1, 0.15) is 12.1 Å². The highest BCUT2D eigenvalue weighted by Crippen LogP contribution is 2.43. The van der Waals surface area contributed by atoms with Gasteiger partial charge in [-0.1, -0.05) is 142 Å². The van der Waals surface area contributed by atoms with Crippen molar-refractivity contribution in [2.75, 3.05) is 26.4 Å². The minimum Gasteiger partial charge on any atom is -0.480 e. The number of carbonyl (C=O) groups excluding carboxylic acids is 1. The van der Waals surface area contributed by atoms with Gasteiger partial charge in [0.25, 0.3) is 0 Å². The second kappa shape index (κ2) is 30.6. The number of phosphoric ester groups is 1. The first-order chi connectivity index (χ1) is 21.2. The monoisotopic (exact) mass is 651 g/mol. The van der Waals surface area contributed by atoms with Gasteiger partial charge in [0.15, 0.2) is 0 Å². The molecule has 0 heterocycles. The lowest BCUT2D eigenvalue weighted by atomic mass is 10.0. The maximum absolute atomic E-state index is 12.5. The van der Waals surface area contributed by atoms with Gasteiger partial charge in [-0.25, -0.2) is 4.57 Å². The fraction of sp³-hybridized carbons (Fsp3) is 0.939. The standard InChI is InChI=1S/C33H66NO9P/c1-3-5-7-9-11-13-14-15-16-17-19-21-23-25-32(35)43-30(28-41-44(38,39)42-29-31(34)33(36)37)27-40-26-24-22-20-18-12-10-8-6-4-2/h30-31H,3-29,34H2,1-2H3,(H,36,37)(H,38,39). The maximum atomic E-state index is 12.5. The Bertz CT molecular complexity index is 725. The van der Waals surface area contributed by atoms with E-state index >= 15 is 0 Å². The zero-order valence-corrected chi connectivity index (χ0v) is 28.9. The Kier molecular flexibility index (Phi) is 29.9. The van der Waals surface area contributed by atoms with Crippen LogP contribution >= 0.6 is 7.82 Å². The highest BCUT2D eigenvalue weighted by atomic mass is 31.2. The molecule has 4 N–H and O–H groups in total. The molecule has 0 aliphatic heterocycles. The van der Waals surface area contributed by atoms with E-state index in [1.165, 1.54) is 103 Å². The third-order valence-electron chi connectivity index (χ3n) is 7.64. The fourth-order valence-electron chi connectivity index (χ4n) is 4.84. The van der Waals surface area contributed by atoms with Crippen molar-refractivity contribution in [3.8, 4) is 0 Å². The van der Waals surface area contributed by atoms with Gasteiger partial charge in [0.05, 0.1) is 19.8 Å². The van der Waals surface area contributed by atoms with Crippen molar-refractivity contribution in [1.82, 2.24) is 0 Å². The molecule has 0 aliphatic carbocycles. The summed E-state index contributed by atoms with van der Waals surface area (Å²) in [6.07, 6.45) is 25.8. The molecule has 0 saturated carbocycles. The lowest BCUT2D eigenvalue weighted by Crippen LogP contribution is -2.34. The summed E-state index contributed by atoms with van der Waals surface area (Å²) in [5, 5.41) is 8.83. The molecule has 3 atom stereocenters. The summed E-state index contributed by atoms with van der Waals surface area (Å²) in [6, 6.07) is -1.47. The number of rotatable bonds is 34. The summed E-state index contributed by atoms with van der Waals surface area (Å²) in [6.45, 7) is 3.86. The van der Waals surface area contributed by atoms with E-state index < -0.39 is 45.1 Å². The molecule has 3 unspecified atom stereocenters. The zero-order chi connectivity index (χ0) is 32.7. The number of nitrogens with two attached hydrogens (primary N) is 1. The largest absolute Gasteiger partial charge is 0.480 e. The van der Waals surface area contributed by atoms with Crippen LogP contribution in [0.25, 0.3) is 0 Å². The van der Waals surface area contributed by atoms with Gasteiger partial charge in [-0.05, 0) is 12.8 Å². The number of carbonyl (C=O) groups is 2. The second-order valence-corrected chi connectivity index (χ2v) is 13.5. The summed E-state index contributed by atoms with van der Waals surface area (Å²) in [4.78, 5) is 33.2. The van der Waals surface area contributed by atoms with Gasteiger partial charge in [0, 0.05) is 13.0 Å². The first-order valence-electron chi connectivity index (χ1n) is 17.6. The van der Waals surface area contributed by atoms with E-state index in [2.05, 4.69) is 18.4 Å². The normalized spacial score (nSPS) is 14.3. The number of carboxylic acid groups (broad SMARTS) is 1. The van der Waals surface area contributed by atoms with Gasteiger partial charge in [-0.3, -0.25) is 18.6 Å². The molecule has 0 aromatic rings. The first kappa shape index (κ1) is 43.0. The van der Waals surface area contributed by atoms with Gasteiger partial charge in [-0.2, -0.15) is 0 Å². The molecule has 11 heteroatoms. The van der Waals surface area contributed by atoms with Crippen molar-refractivity contribution in [2.24, 2.45) is 5.73 Å². The minimum atomic E-state index is -4.59. The Morgan fingerprint density at radius 1 is 0.636 bits per heavy atom. The zero-order valence-electron chi connectivity index (χ0n) is 28.0. The van der Waals surface area contributed by atoms with E-state index in [0.29, 0.717) is 6.61 Å². The number of hydrogen-bond acceptors (Lipinski definition) is 8. The average Bonchev–Trinajstić information content (AvgIpc) is 2.99. The number of ether oxygens (including phenoxy) is 2. The number of unbranched alkanes of at least 4 members (excludes halogenated alkanes) is 20. The van der Waals surface area contributed by atoms with E-state index in [-0.39, 0.29) is 13.0 Å². The summed E-state index contributed by atoms with van der Waals surface area (Å²) < 4.78 is 33.1. The number of hydrogen-bond donors (Lipinski definition) is 3. The van der Waals surface area contributed by atoms with Crippen LogP contribution < -0.4 is 5.73 Å². The van der Waals surface area contributed by atoms with Crippen LogP contribution in [0.4, 0.5) is 0 Å². The second-order valence-electron chi connectivity index (χ2n) is 12.0. The molecular formula is C33H66NO9P. The summed E-state index contributed by atoms with van der Waals surface area (Å²) in [5.74, 6) is -1.77. The lowest BCUT2D eigenvalue weighted by Gasteiger charge is -2.20. The molecular weight excluding hydrogens is 585 g/mol. The van der Waals surface area contributed by atoms with Crippen LogP contribution in [0.15, 0.2) is 0 Å². The molecule has 0 aromatic heterocycles. The fourth-order valence-corrected chi connectivity index (χ4v) is 5.62. The van der Waals surface area contributed by atoms with E-state index in [1.54, 1.807) is 0 Å². The van der Waals surface area contributed by atoms with Crippen molar-refractivity contribution < 1.29 is 42.7 Å². The lowest BCUT2D eigenvalue weighted by molar-refractivity contribution is -0.154. The average molecular weight is 652 g/mol. The van der Waals surface area contributed by atoms with E-state index in [9.17, 15) is 19.0 Å². The van der Waals surface area contributed by atoms with Crippen LogP contribution in [-0.4, -0.2) is 60.5 Å². The quantitative estimate of drug-likeness (QED) is 0.0350. The SMILES string of the molecule is CCCCCCCCCCCCCCCC(=O)OC(COCCCCCCCCCCC)COP(=O)(O)OCC(N)C(=O)O. The van der Waals surface area contributed by atoms with E-state index in [4.69, 9.17) is 24.8 Å². The summed E-state index contributed by atoms with van der Waals surface area (Å²) >= 11 is 0. The number of carboxylic acids is 1. The molecule has 0 saturated heterocycles. The van der Waals surface area contributed by atoms with Crippen LogP contribution in [-0.2, 0) is 32.7 Å². The Morgan fingerprint density at radius 3 is 1.50 bits per heavy atom. The maximum Gasteiger partial charge on any atom is 0.472 e.